The van der Waals surface area contributed by atoms with Crippen LogP contribution in [0, 0.1) is 28.6 Å². The minimum absolute atomic E-state index is 0.00894. The van der Waals surface area contributed by atoms with Gasteiger partial charge in [-0.25, -0.2) is 4.79 Å². The minimum Gasteiger partial charge on any atom is -0.469 e. The van der Waals surface area contributed by atoms with Crippen molar-refractivity contribution in [3.63, 3.8) is 0 Å². The lowest BCUT2D eigenvalue weighted by molar-refractivity contribution is -0.317. The van der Waals surface area contributed by atoms with E-state index in [0.29, 0.717) is 18.4 Å². The Labute approximate surface area is 193 Å². The molecule has 0 spiro atoms. The van der Waals surface area contributed by atoms with Gasteiger partial charge in [0.25, 0.3) is 0 Å². The van der Waals surface area contributed by atoms with E-state index in [-0.39, 0.29) is 12.8 Å². The molecule has 2 N–H and O–H groups in total. The molecule has 9 nitrogen and oxygen atoms in total. The van der Waals surface area contributed by atoms with E-state index >= 15 is 0 Å². The molecule has 184 valence electrons. The zero-order valence-electron chi connectivity index (χ0n) is 20.0. The van der Waals surface area contributed by atoms with E-state index in [1.54, 1.807) is 0 Å². The lowest BCUT2D eigenvalue weighted by atomic mass is 9.39. The number of rotatable bonds is 3. The fourth-order valence-corrected chi connectivity index (χ4v) is 7.45. The second kappa shape index (κ2) is 7.52. The number of carbonyl (C=O) groups excluding carboxylic acids is 3. The van der Waals surface area contributed by atoms with Crippen molar-refractivity contribution in [2.75, 3.05) is 14.2 Å². The molecule has 33 heavy (non-hydrogen) atoms. The highest BCUT2D eigenvalue weighted by molar-refractivity contribution is 5.90. The minimum atomic E-state index is -1.53. The van der Waals surface area contributed by atoms with Crippen LogP contribution in [0.2, 0.25) is 0 Å². The van der Waals surface area contributed by atoms with Gasteiger partial charge in [-0.1, -0.05) is 20.8 Å². The van der Waals surface area contributed by atoms with E-state index in [2.05, 4.69) is 0 Å². The van der Waals surface area contributed by atoms with Crippen LogP contribution in [0.5, 0.6) is 0 Å². The number of fused-ring (bicyclic) bond motifs is 4. The monoisotopic (exact) mass is 466 g/mol. The third-order valence-electron chi connectivity index (χ3n) is 9.18. The Morgan fingerprint density at radius 2 is 1.85 bits per heavy atom. The molecule has 3 aliphatic carbocycles. The summed E-state index contributed by atoms with van der Waals surface area (Å²) in [5.74, 6) is -5.57. The van der Waals surface area contributed by atoms with Crippen LogP contribution >= 0.6 is 0 Å². The van der Waals surface area contributed by atoms with Gasteiger partial charge in [0.2, 0.25) is 5.79 Å². The van der Waals surface area contributed by atoms with E-state index < -0.39 is 70.1 Å². The fourth-order valence-electron chi connectivity index (χ4n) is 7.45. The Hall–Kier alpha value is -1.97. The van der Waals surface area contributed by atoms with Crippen molar-refractivity contribution in [3.8, 4) is 0 Å². The van der Waals surface area contributed by atoms with Crippen LogP contribution in [0.15, 0.2) is 11.6 Å². The summed E-state index contributed by atoms with van der Waals surface area (Å²) in [6, 6.07) is 0. The van der Waals surface area contributed by atoms with E-state index in [0.717, 1.165) is 0 Å². The number of aliphatic hydroxyl groups excluding tert-OH is 1. The maximum atomic E-state index is 13.1. The smallest absolute Gasteiger partial charge is 0.333 e. The molecule has 4 aliphatic rings. The quantitative estimate of drug-likeness (QED) is 0.469. The highest BCUT2D eigenvalue weighted by Crippen LogP contribution is 2.69. The summed E-state index contributed by atoms with van der Waals surface area (Å²) in [4.78, 5) is 37.5. The largest absolute Gasteiger partial charge is 0.469 e. The zero-order valence-corrected chi connectivity index (χ0v) is 20.0. The molecule has 3 fully saturated rings. The molecule has 0 aromatic heterocycles. The van der Waals surface area contributed by atoms with Crippen molar-refractivity contribution in [2.45, 2.75) is 77.0 Å². The average Bonchev–Trinajstić information content (AvgIpc) is 3.07. The molecule has 0 aromatic carbocycles. The average molecular weight is 467 g/mol. The molecule has 0 saturated heterocycles. The normalized spacial score (nSPS) is 45.6. The maximum absolute atomic E-state index is 13.1. The second-order valence-corrected chi connectivity index (χ2v) is 10.8. The van der Waals surface area contributed by atoms with Gasteiger partial charge in [0.1, 0.15) is 6.10 Å². The third-order valence-corrected chi connectivity index (χ3v) is 9.18. The van der Waals surface area contributed by atoms with Crippen molar-refractivity contribution in [2.24, 2.45) is 28.6 Å². The van der Waals surface area contributed by atoms with Gasteiger partial charge in [0, 0.05) is 49.9 Å². The highest BCUT2D eigenvalue weighted by Gasteiger charge is 2.75. The number of aliphatic hydroxyl groups is 2. The number of hydrogen-bond acceptors (Lipinski definition) is 9. The molecule has 1 heterocycles. The van der Waals surface area contributed by atoms with E-state index in [9.17, 15) is 24.6 Å². The molecule has 8 atom stereocenters. The number of esters is 3. The fraction of sp³-hybridized carbons (Fsp3) is 0.792. The highest BCUT2D eigenvalue weighted by atomic mass is 16.7. The SMILES string of the molecule is COC(=O)[C@@H]1C2=CC(=O)O[C@]2(OC)C[C@H]2[C@H]1[C@@H](O)C[C@@]1(O)C(C)(C)CC[C@H](OC(C)=O)[C@]21C. The lowest BCUT2D eigenvalue weighted by Gasteiger charge is -2.69. The van der Waals surface area contributed by atoms with Crippen LogP contribution in [0.4, 0.5) is 0 Å². The Balaban J connectivity index is 1.95. The second-order valence-electron chi connectivity index (χ2n) is 10.8. The van der Waals surface area contributed by atoms with Gasteiger partial charge in [-0.2, -0.15) is 0 Å². The summed E-state index contributed by atoms with van der Waals surface area (Å²) >= 11 is 0. The topological polar surface area (TPSA) is 129 Å². The summed E-state index contributed by atoms with van der Waals surface area (Å²) < 4.78 is 22.2. The van der Waals surface area contributed by atoms with Gasteiger partial charge >= 0.3 is 17.9 Å². The number of hydrogen-bond donors (Lipinski definition) is 2. The third kappa shape index (κ3) is 3.04. The van der Waals surface area contributed by atoms with Crippen LogP contribution in [0.1, 0.15) is 53.4 Å². The van der Waals surface area contributed by atoms with Gasteiger partial charge in [0.05, 0.1) is 24.7 Å². The Morgan fingerprint density at radius 1 is 1.18 bits per heavy atom. The predicted octanol–water partition coefficient (Wildman–Crippen LogP) is 1.49. The molecule has 3 saturated carbocycles. The first kappa shape index (κ1) is 24.2. The van der Waals surface area contributed by atoms with Crippen LogP contribution < -0.4 is 0 Å². The van der Waals surface area contributed by atoms with Crippen LogP contribution in [0.25, 0.3) is 0 Å². The molecular formula is C24H34O9. The molecule has 0 aromatic rings. The maximum Gasteiger partial charge on any atom is 0.333 e. The van der Waals surface area contributed by atoms with E-state index in [4.69, 9.17) is 18.9 Å². The van der Waals surface area contributed by atoms with Gasteiger partial charge in [-0.05, 0) is 24.2 Å². The van der Waals surface area contributed by atoms with Gasteiger partial charge < -0.3 is 29.2 Å². The summed E-state index contributed by atoms with van der Waals surface area (Å²) in [5.41, 5.74) is -2.80. The molecule has 4 rings (SSSR count). The van der Waals surface area contributed by atoms with Crippen LogP contribution in [-0.4, -0.2) is 65.9 Å². The summed E-state index contributed by atoms with van der Waals surface area (Å²) in [6.45, 7) is 7.06. The zero-order chi connectivity index (χ0) is 24.6. The van der Waals surface area contributed by atoms with Crippen molar-refractivity contribution in [1.29, 1.82) is 0 Å². The van der Waals surface area contributed by atoms with Crippen LogP contribution in [0.3, 0.4) is 0 Å². The standard InChI is InChI=1S/C24H34O9/c1-12(25)32-16-7-8-21(2,3)24(29)11-15(26)18-14(22(16,24)4)10-23(31-6)13(9-17(27)33-23)19(18)20(28)30-5/h9,14-16,18-19,26,29H,7-8,10-11H2,1-6H3/t14-,15-,16-,18-,19+,22-,23+,24+/m0/s1. The molecule has 0 radical (unpaired) electrons. The first-order chi connectivity index (χ1) is 15.3. The molecule has 9 heteroatoms. The molecular weight excluding hydrogens is 432 g/mol. The van der Waals surface area contributed by atoms with Crippen molar-refractivity contribution >= 4 is 17.9 Å². The number of methoxy groups -OCH3 is 2. The van der Waals surface area contributed by atoms with Gasteiger partial charge in [-0.15, -0.1) is 0 Å². The Bertz CT molecular complexity index is 910. The summed E-state index contributed by atoms with van der Waals surface area (Å²) in [5, 5.41) is 23.7. The van der Waals surface area contributed by atoms with E-state index in [1.165, 1.54) is 27.2 Å². The first-order valence-electron chi connectivity index (χ1n) is 11.4. The number of ether oxygens (including phenoxy) is 4. The van der Waals surface area contributed by atoms with Crippen molar-refractivity contribution in [1.82, 2.24) is 0 Å². The van der Waals surface area contributed by atoms with Crippen molar-refractivity contribution in [3.05, 3.63) is 11.6 Å². The number of carbonyl (C=O) groups is 3. The van der Waals surface area contributed by atoms with Gasteiger partial charge in [-0.3, -0.25) is 9.59 Å². The molecule has 0 unspecified atom stereocenters. The van der Waals surface area contributed by atoms with Gasteiger partial charge in [0.15, 0.2) is 0 Å². The molecule has 1 aliphatic heterocycles. The molecule has 0 amide bonds. The predicted molar refractivity (Wildman–Crippen MR) is 113 cm³/mol. The Kier molecular flexibility index (Phi) is 5.50. The van der Waals surface area contributed by atoms with Crippen LogP contribution in [-0.2, 0) is 33.3 Å². The molecule has 0 bridgehead atoms. The van der Waals surface area contributed by atoms with Crippen molar-refractivity contribution < 1.29 is 43.5 Å². The first-order valence-corrected chi connectivity index (χ1v) is 11.4. The Morgan fingerprint density at radius 3 is 2.42 bits per heavy atom. The summed E-state index contributed by atoms with van der Waals surface area (Å²) in [6.07, 6.45) is 0.689. The van der Waals surface area contributed by atoms with E-state index in [1.807, 2.05) is 20.8 Å². The summed E-state index contributed by atoms with van der Waals surface area (Å²) in [7, 11) is 2.64. The lowest BCUT2D eigenvalue weighted by Crippen LogP contribution is -2.75.